The molecule has 4 rings (SSSR count). The van der Waals surface area contributed by atoms with Crippen LogP contribution in [0.5, 0.6) is 0 Å². The summed E-state index contributed by atoms with van der Waals surface area (Å²) >= 11 is 0. The van der Waals surface area contributed by atoms with E-state index in [1.54, 1.807) is 6.92 Å². The van der Waals surface area contributed by atoms with Crippen LogP contribution in [-0.2, 0) is 14.9 Å². The van der Waals surface area contributed by atoms with Crippen molar-refractivity contribution >= 4 is 17.7 Å². The fourth-order valence-corrected chi connectivity index (χ4v) is 6.64. The highest BCUT2D eigenvalue weighted by molar-refractivity contribution is 5.95. The third-order valence-electron chi connectivity index (χ3n) is 8.47. The second-order valence-corrected chi connectivity index (χ2v) is 10.4. The van der Waals surface area contributed by atoms with Crippen molar-refractivity contribution in [3.05, 3.63) is 29.3 Å². The molecule has 2 fully saturated rings. The van der Waals surface area contributed by atoms with Crippen LogP contribution >= 0.6 is 0 Å². The molecule has 3 aliphatic rings. The summed E-state index contributed by atoms with van der Waals surface area (Å²) in [7, 11) is 0. The van der Waals surface area contributed by atoms with Crippen molar-refractivity contribution in [2.45, 2.75) is 96.7 Å². The molecule has 6 heteroatoms. The number of nitrogens with zero attached hydrogens (tertiary/aromatic N) is 3. The maximum absolute atomic E-state index is 12.6. The summed E-state index contributed by atoms with van der Waals surface area (Å²) in [5.41, 5.74) is 3.78. The monoisotopic (exact) mass is 455 g/mol. The molecule has 1 aromatic carbocycles. The van der Waals surface area contributed by atoms with Gasteiger partial charge >= 0.3 is 6.09 Å². The van der Waals surface area contributed by atoms with Gasteiger partial charge in [-0.25, -0.2) is 4.79 Å². The van der Waals surface area contributed by atoms with Crippen LogP contribution in [0.25, 0.3) is 0 Å². The highest BCUT2D eigenvalue weighted by atomic mass is 16.6. The molecule has 3 unspecified atom stereocenters. The third kappa shape index (κ3) is 4.39. The molecular weight excluding hydrogens is 414 g/mol. The number of amides is 2. The van der Waals surface area contributed by atoms with Crippen LogP contribution in [0.15, 0.2) is 18.2 Å². The molecule has 3 atom stereocenters. The average molecular weight is 456 g/mol. The van der Waals surface area contributed by atoms with E-state index in [1.165, 1.54) is 11.1 Å². The predicted molar refractivity (Wildman–Crippen MR) is 132 cm³/mol. The minimum Gasteiger partial charge on any atom is -0.450 e. The van der Waals surface area contributed by atoms with E-state index in [1.807, 2.05) is 16.7 Å². The maximum Gasteiger partial charge on any atom is 0.410 e. The molecule has 0 aromatic heterocycles. The van der Waals surface area contributed by atoms with Gasteiger partial charge in [0.2, 0.25) is 5.91 Å². The topological polar surface area (TPSA) is 53.1 Å². The molecule has 3 heterocycles. The molecule has 0 radical (unpaired) electrons. The molecule has 0 aliphatic carbocycles. The van der Waals surface area contributed by atoms with E-state index in [0.29, 0.717) is 12.6 Å². The molecule has 0 N–H and O–H groups in total. The van der Waals surface area contributed by atoms with Crippen molar-refractivity contribution in [1.82, 2.24) is 9.80 Å². The molecule has 1 aromatic rings. The quantitative estimate of drug-likeness (QED) is 0.635. The minimum absolute atomic E-state index is 0.0701. The lowest BCUT2D eigenvalue weighted by Crippen LogP contribution is -2.51. The summed E-state index contributed by atoms with van der Waals surface area (Å²) in [6.45, 7) is 13.4. The van der Waals surface area contributed by atoms with E-state index >= 15 is 0 Å². The third-order valence-corrected chi connectivity index (χ3v) is 8.47. The smallest absolute Gasteiger partial charge is 0.410 e. The Balaban J connectivity index is 1.46. The van der Waals surface area contributed by atoms with Crippen LogP contribution in [0, 0.1) is 6.92 Å². The number of fused-ring (bicyclic) bond motifs is 2. The largest absolute Gasteiger partial charge is 0.450 e. The first-order valence-electron chi connectivity index (χ1n) is 12.9. The lowest BCUT2D eigenvalue weighted by Gasteiger charge is -2.44. The Kier molecular flexibility index (Phi) is 7.04. The van der Waals surface area contributed by atoms with E-state index in [4.69, 9.17) is 4.74 Å². The standard InChI is InChI=1S/C27H41N3O3/c1-6-22(17-23-12-11-20(4)30(23)26(32)33-7-2)28-15-13-27(14-16-28)18-29(21(5)31)25-19(3)9-8-10-24(25)27/h8-10,20,22-23H,6-7,11-18H2,1-5H3. The van der Waals surface area contributed by atoms with Crippen LogP contribution in [0.3, 0.4) is 0 Å². The molecule has 182 valence electrons. The van der Waals surface area contributed by atoms with Gasteiger partial charge in [0.25, 0.3) is 0 Å². The lowest BCUT2D eigenvalue weighted by molar-refractivity contribution is -0.116. The zero-order chi connectivity index (χ0) is 23.8. The number of piperidine rings is 1. The summed E-state index contributed by atoms with van der Waals surface area (Å²) in [6, 6.07) is 7.50. The van der Waals surface area contributed by atoms with Gasteiger partial charge in [0.05, 0.1) is 12.3 Å². The minimum atomic E-state index is -0.151. The first kappa shape index (κ1) is 24.1. The number of benzene rings is 1. The van der Waals surface area contributed by atoms with Crippen LogP contribution < -0.4 is 4.90 Å². The maximum atomic E-state index is 12.6. The summed E-state index contributed by atoms with van der Waals surface area (Å²) in [4.78, 5) is 31.7. The zero-order valence-electron chi connectivity index (χ0n) is 21.1. The second kappa shape index (κ2) is 9.65. The number of carbonyl (C=O) groups is 2. The number of likely N-dealkylation sites (tertiary alicyclic amines) is 2. The van der Waals surface area contributed by atoms with Gasteiger partial charge < -0.3 is 19.4 Å². The summed E-state index contributed by atoms with van der Waals surface area (Å²) in [5.74, 6) is 0.144. The van der Waals surface area contributed by atoms with Gasteiger partial charge in [-0.2, -0.15) is 0 Å². The van der Waals surface area contributed by atoms with Gasteiger partial charge in [-0.05, 0) is 83.5 Å². The highest BCUT2D eigenvalue weighted by Gasteiger charge is 2.47. The number of carbonyl (C=O) groups excluding carboxylic acids is 2. The van der Waals surface area contributed by atoms with Gasteiger partial charge in [0.15, 0.2) is 0 Å². The van der Waals surface area contributed by atoms with E-state index < -0.39 is 0 Å². The van der Waals surface area contributed by atoms with Crippen molar-refractivity contribution in [3.8, 4) is 0 Å². The van der Waals surface area contributed by atoms with Crippen LogP contribution in [0.1, 0.15) is 77.3 Å². The first-order chi connectivity index (χ1) is 15.8. The Morgan fingerprint density at radius 2 is 1.91 bits per heavy atom. The van der Waals surface area contributed by atoms with Crippen molar-refractivity contribution in [2.24, 2.45) is 0 Å². The Hall–Kier alpha value is -2.08. The van der Waals surface area contributed by atoms with Crippen molar-refractivity contribution in [1.29, 1.82) is 0 Å². The predicted octanol–water partition coefficient (Wildman–Crippen LogP) is 4.87. The SMILES string of the molecule is CCOC(=O)N1C(C)CCC1CC(CC)N1CCC2(CC1)CN(C(C)=O)c1c(C)cccc12. The van der Waals surface area contributed by atoms with Gasteiger partial charge in [-0.1, -0.05) is 25.1 Å². The van der Waals surface area contributed by atoms with Gasteiger partial charge in [0.1, 0.15) is 0 Å². The normalized spacial score (nSPS) is 25.4. The number of rotatable bonds is 5. The van der Waals surface area contributed by atoms with Crippen molar-refractivity contribution in [3.63, 3.8) is 0 Å². The van der Waals surface area contributed by atoms with E-state index in [2.05, 4.69) is 43.9 Å². The van der Waals surface area contributed by atoms with E-state index in [-0.39, 0.29) is 29.5 Å². The van der Waals surface area contributed by atoms with Gasteiger partial charge in [-0.15, -0.1) is 0 Å². The average Bonchev–Trinajstić information content (AvgIpc) is 3.32. The van der Waals surface area contributed by atoms with Crippen LogP contribution in [-0.4, -0.2) is 66.2 Å². The van der Waals surface area contributed by atoms with E-state index in [9.17, 15) is 9.59 Å². The molecule has 2 amide bonds. The van der Waals surface area contributed by atoms with Crippen molar-refractivity contribution < 1.29 is 14.3 Å². The van der Waals surface area contributed by atoms with Crippen LogP contribution in [0.2, 0.25) is 0 Å². The number of ether oxygens (including phenoxy) is 1. The van der Waals surface area contributed by atoms with E-state index in [0.717, 1.165) is 63.8 Å². The summed E-state index contributed by atoms with van der Waals surface area (Å²) in [5, 5.41) is 0. The number of para-hydroxylation sites is 1. The highest BCUT2D eigenvalue weighted by Crippen LogP contribution is 2.48. The number of hydrogen-bond donors (Lipinski definition) is 0. The molecule has 0 saturated carbocycles. The van der Waals surface area contributed by atoms with Gasteiger partial charge in [0, 0.05) is 37.0 Å². The molecular formula is C27H41N3O3. The lowest BCUT2D eigenvalue weighted by atomic mass is 9.73. The molecule has 3 aliphatic heterocycles. The van der Waals surface area contributed by atoms with Crippen molar-refractivity contribution in [2.75, 3.05) is 31.1 Å². The molecule has 2 saturated heterocycles. The Bertz CT molecular complexity index is 877. The molecule has 6 nitrogen and oxygen atoms in total. The summed E-state index contributed by atoms with van der Waals surface area (Å²) in [6.07, 6.45) is 6.22. The second-order valence-electron chi connectivity index (χ2n) is 10.4. The molecule has 0 bridgehead atoms. The first-order valence-corrected chi connectivity index (χ1v) is 12.9. The Morgan fingerprint density at radius 3 is 2.55 bits per heavy atom. The number of hydrogen-bond acceptors (Lipinski definition) is 4. The van der Waals surface area contributed by atoms with Gasteiger partial charge in [-0.3, -0.25) is 4.79 Å². The molecule has 33 heavy (non-hydrogen) atoms. The Morgan fingerprint density at radius 1 is 1.18 bits per heavy atom. The zero-order valence-corrected chi connectivity index (χ0v) is 21.1. The fourth-order valence-electron chi connectivity index (χ4n) is 6.64. The Labute approximate surface area is 199 Å². The molecule has 1 spiro atoms. The van der Waals surface area contributed by atoms with Crippen LogP contribution in [0.4, 0.5) is 10.5 Å². The summed E-state index contributed by atoms with van der Waals surface area (Å²) < 4.78 is 5.36. The fraction of sp³-hybridized carbons (Fsp3) is 0.704. The number of aryl methyl sites for hydroxylation is 1. The number of anilines is 1.